The lowest BCUT2D eigenvalue weighted by Crippen LogP contribution is -2.57. The molecule has 6 nitrogen and oxygen atoms in total. The summed E-state index contributed by atoms with van der Waals surface area (Å²) in [5.41, 5.74) is 1.10. The fourth-order valence-electron chi connectivity index (χ4n) is 9.55. The topological polar surface area (TPSA) is 78.9 Å². The highest BCUT2D eigenvalue weighted by Gasteiger charge is 2.67. The molecule has 1 heterocycles. The molecule has 0 amide bonds. The van der Waals surface area contributed by atoms with Crippen LogP contribution in [0.3, 0.4) is 0 Å². The van der Waals surface area contributed by atoms with Gasteiger partial charge in [0.15, 0.2) is 0 Å². The molecule has 4 saturated carbocycles. The molecular weight excluding hydrogens is 468 g/mol. The highest BCUT2D eigenvalue weighted by atomic mass is 16.5. The van der Waals surface area contributed by atoms with Gasteiger partial charge in [0, 0.05) is 38.0 Å². The predicted octanol–water partition coefficient (Wildman–Crippen LogP) is 6.02. The molecule has 37 heavy (non-hydrogen) atoms. The summed E-state index contributed by atoms with van der Waals surface area (Å²) in [6.07, 6.45) is 8.83. The molecular formula is C31H46O6. The summed E-state index contributed by atoms with van der Waals surface area (Å²) in [6.45, 7) is 12.4. The van der Waals surface area contributed by atoms with Gasteiger partial charge in [-0.2, -0.15) is 0 Å². The van der Waals surface area contributed by atoms with Gasteiger partial charge >= 0.3 is 11.9 Å². The lowest BCUT2D eigenvalue weighted by atomic mass is 9.44. The molecule has 5 aliphatic rings. The number of carbonyl (C=O) groups is 3. The second-order valence-corrected chi connectivity index (χ2v) is 13.5. The smallest absolute Gasteiger partial charge is 0.302 e. The number of ketones is 1. The van der Waals surface area contributed by atoms with Gasteiger partial charge in [0.25, 0.3) is 0 Å². The third-order valence-corrected chi connectivity index (χ3v) is 11.5. The molecule has 206 valence electrons. The summed E-state index contributed by atoms with van der Waals surface area (Å²) in [4.78, 5) is 36.8. The summed E-state index contributed by atoms with van der Waals surface area (Å²) in [7, 11) is 0. The average Bonchev–Trinajstić information content (AvgIpc) is 3.31. The van der Waals surface area contributed by atoms with E-state index in [2.05, 4.69) is 27.7 Å². The van der Waals surface area contributed by atoms with E-state index < -0.39 is 0 Å². The SMILES string of the molecule is CC(=O)OC[C@H](C)CCC1=C(C)[C@@H]2[C@H](C[C@@H]3[C@@H]4CC[C@H]5C[C@@H](OC(C)=O)CC[C@]5(C)[C@@H]4CC(=O)[C@@]32C)O1. The van der Waals surface area contributed by atoms with Crippen LogP contribution in [-0.4, -0.2) is 36.5 Å². The zero-order chi connectivity index (χ0) is 26.7. The molecule has 0 aromatic heterocycles. The highest BCUT2D eigenvalue weighted by molar-refractivity contribution is 5.87. The van der Waals surface area contributed by atoms with E-state index in [1.165, 1.54) is 32.3 Å². The minimum Gasteiger partial charge on any atom is -0.494 e. The Bertz CT molecular complexity index is 984. The molecule has 5 rings (SSSR count). The van der Waals surface area contributed by atoms with Crippen LogP contribution < -0.4 is 0 Å². The van der Waals surface area contributed by atoms with Gasteiger partial charge in [-0.05, 0) is 92.4 Å². The van der Waals surface area contributed by atoms with Gasteiger partial charge in [0.05, 0.1) is 12.4 Å². The first-order valence-corrected chi connectivity index (χ1v) is 14.6. The zero-order valence-electron chi connectivity index (χ0n) is 23.6. The number of esters is 2. The van der Waals surface area contributed by atoms with E-state index in [4.69, 9.17) is 14.2 Å². The molecule has 0 N–H and O–H groups in total. The molecule has 0 spiro atoms. The maximum Gasteiger partial charge on any atom is 0.302 e. The summed E-state index contributed by atoms with van der Waals surface area (Å²) >= 11 is 0. The van der Waals surface area contributed by atoms with Crippen LogP contribution >= 0.6 is 0 Å². The van der Waals surface area contributed by atoms with Crippen LogP contribution in [-0.2, 0) is 28.6 Å². The summed E-state index contributed by atoms with van der Waals surface area (Å²) in [6, 6.07) is 0. The second kappa shape index (κ2) is 9.72. The second-order valence-electron chi connectivity index (χ2n) is 13.5. The fraction of sp³-hybridized carbons (Fsp3) is 0.839. The van der Waals surface area contributed by atoms with E-state index in [0.29, 0.717) is 42.5 Å². The number of ether oxygens (including phenoxy) is 3. The number of Topliss-reactive ketones (excluding diaryl/α,β-unsaturated/α-hetero) is 1. The Balaban J connectivity index is 1.30. The van der Waals surface area contributed by atoms with Crippen LogP contribution in [0, 0.1) is 46.3 Å². The third kappa shape index (κ3) is 4.44. The molecule has 4 fully saturated rings. The van der Waals surface area contributed by atoms with Crippen LogP contribution in [0.15, 0.2) is 11.3 Å². The van der Waals surface area contributed by atoms with E-state index in [0.717, 1.165) is 44.3 Å². The lowest BCUT2D eigenvalue weighted by Gasteiger charge is -2.60. The number of hydrogen-bond donors (Lipinski definition) is 0. The average molecular weight is 515 g/mol. The Morgan fingerprint density at radius 3 is 2.54 bits per heavy atom. The van der Waals surface area contributed by atoms with Crippen LogP contribution in [0.2, 0.25) is 0 Å². The first kappa shape index (κ1) is 26.7. The molecule has 1 aliphatic heterocycles. The van der Waals surface area contributed by atoms with Crippen LogP contribution in [0.4, 0.5) is 0 Å². The monoisotopic (exact) mass is 514 g/mol. The number of hydrogen-bond acceptors (Lipinski definition) is 6. The van der Waals surface area contributed by atoms with Crippen molar-refractivity contribution >= 4 is 17.7 Å². The van der Waals surface area contributed by atoms with Gasteiger partial charge < -0.3 is 14.2 Å². The van der Waals surface area contributed by atoms with E-state index >= 15 is 0 Å². The van der Waals surface area contributed by atoms with Gasteiger partial charge in [0.2, 0.25) is 0 Å². The summed E-state index contributed by atoms with van der Waals surface area (Å²) < 4.78 is 17.4. The standard InChI is InChI=1S/C31H46O6/c1-17(16-35-19(3)32)7-10-26-18(2)29-27(37-26)14-25-23-9-8-21-13-22(36-20(4)33)11-12-30(21,5)24(23)15-28(34)31(25,29)6/h17,21-25,27,29H,7-16H2,1-6H3/t17-,21+,22+,23-,24-,25-,27+,29-,30+,31-/m1/s1. The molecule has 0 unspecified atom stereocenters. The molecule has 0 aromatic rings. The minimum atomic E-state index is -0.334. The van der Waals surface area contributed by atoms with Gasteiger partial charge in [-0.15, -0.1) is 0 Å². The van der Waals surface area contributed by atoms with Crippen LogP contribution in [0.1, 0.15) is 99.3 Å². The maximum atomic E-state index is 14.1. The van der Waals surface area contributed by atoms with Crippen LogP contribution in [0.25, 0.3) is 0 Å². The Kier molecular flexibility index (Phi) is 7.02. The number of rotatable bonds is 6. The van der Waals surface area contributed by atoms with Crippen LogP contribution in [0.5, 0.6) is 0 Å². The Morgan fingerprint density at radius 1 is 1.08 bits per heavy atom. The summed E-state index contributed by atoms with van der Waals surface area (Å²) in [5.74, 6) is 3.49. The first-order valence-electron chi connectivity index (χ1n) is 14.6. The lowest BCUT2D eigenvalue weighted by molar-refractivity contribution is -0.165. The molecule has 0 bridgehead atoms. The number of carbonyl (C=O) groups excluding carboxylic acids is 3. The maximum absolute atomic E-state index is 14.1. The Labute approximate surface area is 222 Å². The largest absolute Gasteiger partial charge is 0.494 e. The molecule has 4 aliphatic carbocycles. The molecule has 0 saturated heterocycles. The highest BCUT2D eigenvalue weighted by Crippen LogP contribution is 2.68. The minimum absolute atomic E-state index is 0.0406. The van der Waals surface area contributed by atoms with Crippen molar-refractivity contribution in [2.75, 3.05) is 6.61 Å². The molecule has 10 atom stereocenters. The van der Waals surface area contributed by atoms with Gasteiger partial charge in [-0.3, -0.25) is 14.4 Å². The van der Waals surface area contributed by atoms with Crippen molar-refractivity contribution < 1.29 is 28.6 Å². The third-order valence-electron chi connectivity index (χ3n) is 11.5. The van der Waals surface area contributed by atoms with Crippen molar-refractivity contribution in [2.45, 2.75) is 112 Å². The zero-order valence-corrected chi connectivity index (χ0v) is 23.6. The molecule has 6 heteroatoms. The predicted molar refractivity (Wildman–Crippen MR) is 139 cm³/mol. The molecule has 0 aromatic carbocycles. The fourth-order valence-corrected chi connectivity index (χ4v) is 9.55. The molecule has 0 radical (unpaired) electrons. The number of allylic oxidation sites excluding steroid dienone is 1. The van der Waals surface area contributed by atoms with Gasteiger partial charge in [-0.1, -0.05) is 20.8 Å². The Morgan fingerprint density at radius 2 is 1.84 bits per heavy atom. The van der Waals surface area contributed by atoms with E-state index in [9.17, 15) is 14.4 Å². The van der Waals surface area contributed by atoms with Gasteiger partial charge in [0.1, 0.15) is 18.0 Å². The van der Waals surface area contributed by atoms with Crippen molar-refractivity contribution in [3.63, 3.8) is 0 Å². The van der Waals surface area contributed by atoms with Gasteiger partial charge in [-0.25, -0.2) is 0 Å². The van der Waals surface area contributed by atoms with E-state index in [1.807, 2.05) is 0 Å². The first-order chi connectivity index (χ1) is 17.4. The Hall–Kier alpha value is -1.85. The van der Waals surface area contributed by atoms with Crippen molar-refractivity contribution in [3.8, 4) is 0 Å². The van der Waals surface area contributed by atoms with Crippen molar-refractivity contribution in [1.29, 1.82) is 0 Å². The van der Waals surface area contributed by atoms with E-state index in [-0.39, 0.29) is 46.8 Å². The quantitative estimate of drug-likeness (QED) is 0.404. The summed E-state index contributed by atoms with van der Waals surface area (Å²) in [5, 5.41) is 0. The van der Waals surface area contributed by atoms with Crippen molar-refractivity contribution in [1.82, 2.24) is 0 Å². The normalized spacial score (nSPS) is 43.2. The number of fused-ring (bicyclic) bond motifs is 7. The van der Waals surface area contributed by atoms with Crippen molar-refractivity contribution in [3.05, 3.63) is 11.3 Å². The van der Waals surface area contributed by atoms with Crippen molar-refractivity contribution in [2.24, 2.45) is 46.3 Å². The van der Waals surface area contributed by atoms with E-state index in [1.54, 1.807) is 0 Å².